The Kier molecular flexibility index (Phi) is 2.87. The number of nitrogens with one attached hydrogen (secondary N) is 1. The number of carbonyl (C=O) groups is 1. The zero-order valence-electron chi connectivity index (χ0n) is 8.22. The van der Waals surface area contributed by atoms with Crippen LogP contribution in [0.15, 0.2) is 0 Å². The van der Waals surface area contributed by atoms with Gasteiger partial charge in [-0.2, -0.15) is 0 Å². The molecular weight excluding hydrogens is 162 g/mol. The summed E-state index contributed by atoms with van der Waals surface area (Å²) >= 11 is 0. The monoisotopic (exact) mass is 181 g/mol. The van der Waals surface area contributed by atoms with E-state index < -0.39 is 0 Å². The van der Waals surface area contributed by atoms with Crippen LogP contribution in [-0.2, 0) is 4.79 Å². The maximum Gasteiger partial charge on any atom is 0.222 e. The predicted molar refractivity (Wildman–Crippen MR) is 52.4 cm³/mol. The molecule has 1 unspecified atom stereocenters. The van der Waals surface area contributed by atoms with Gasteiger partial charge in [-0.05, 0) is 12.3 Å². The molecule has 1 N–H and O–H groups in total. The maximum atomic E-state index is 10.7. The first kappa shape index (κ1) is 9.04. The van der Waals surface area contributed by atoms with Gasteiger partial charge in [0.1, 0.15) is 0 Å². The fourth-order valence-corrected chi connectivity index (χ4v) is 2.57. The normalized spacial score (nSPS) is 30.5. The summed E-state index contributed by atoms with van der Waals surface area (Å²) in [6.45, 7) is 0. The summed E-state index contributed by atoms with van der Waals surface area (Å²) in [4.78, 5) is 10.7. The lowest BCUT2D eigenvalue weighted by Gasteiger charge is -2.30. The summed E-state index contributed by atoms with van der Waals surface area (Å²) in [6.07, 6.45) is 10.5. The van der Waals surface area contributed by atoms with Crippen LogP contribution < -0.4 is 5.32 Å². The molecule has 2 fully saturated rings. The number of β-lactam (4-membered cyclic amide) rings is 1. The van der Waals surface area contributed by atoms with E-state index in [1.165, 1.54) is 44.9 Å². The van der Waals surface area contributed by atoms with Gasteiger partial charge in [-0.3, -0.25) is 4.79 Å². The van der Waals surface area contributed by atoms with E-state index in [0.717, 1.165) is 12.3 Å². The fourth-order valence-electron chi connectivity index (χ4n) is 2.57. The van der Waals surface area contributed by atoms with Gasteiger partial charge < -0.3 is 5.32 Å². The van der Waals surface area contributed by atoms with Crippen molar-refractivity contribution in [1.29, 1.82) is 0 Å². The van der Waals surface area contributed by atoms with E-state index in [1.807, 2.05) is 0 Å². The molecule has 1 atom stereocenters. The molecule has 2 rings (SSSR count). The van der Waals surface area contributed by atoms with Crippen molar-refractivity contribution in [2.45, 2.75) is 57.4 Å². The molecule has 2 nitrogen and oxygen atoms in total. The van der Waals surface area contributed by atoms with E-state index >= 15 is 0 Å². The number of hydrogen-bond acceptors (Lipinski definition) is 1. The minimum absolute atomic E-state index is 0.249. The number of carbonyl (C=O) groups excluding carboxylic acids is 1. The Morgan fingerprint density at radius 1 is 1.15 bits per heavy atom. The van der Waals surface area contributed by atoms with Crippen LogP contribution in [0.5, 0.6) is 0 Å². The summed E-state index contributed by atoms with van der Waals surface area (Å²) in [7, 11) is 0. The van der Waals surface area contributed by atoms with Crippen LogP contribution >= 0.6 is 0 Å². The second-order valence-corrected chi connectivity index (χ2v) is 4.56. The van der Waals surface area contributed by atoms with Crippen LogP contribution in [0.25, 0.3) is 0 Å². The second-order valence-electron chi connectivity index (χ2n) is 4.56. The third-order valence-corrected chi connectivity index (χ3v) is 3.39. The number of rotatable bonds is 2. The molecule has 1 amide bonds. The van der Waals surface area contributed by atoms with Crippen molar-refractivity contribution < 1.29 is 4.79 Å². The highest BCUT2D eigenvalue weighted by Crippen LogP contribution is 2.28. The lowest BCUT2D eigenvalue weighted by molar-refractivity contribution is -0.128. The van der Waals surface area contributed by atoms with Gasteiger partial charge in [0, 0.05) is 12.5 Å². The van der Waals surface area contributed by atoms with Gasteiger partial charge in [0.15, 0.2) is 0 Å². The molecule has 2 aliphatic rings. The predicted octanol–water partition coefficient (Wildman–Crippen LogP) is 2.24. The molecule has 0 spiro atoms. The van der Waals surface area contributed by atoms with Crippen molar-refractivity contribution in [3.8, 4) is 0 Å². The van der Waals surface area contributed by atoms with Gasteiger partial charge in [0.05, 0.1) is 0 Å². The molecule has 1 aliphatic carbocycles. The van der Waals surface area contributed by atoms with Crippen molar-refractivity contribution in [3.63, 3.8) is 0 Å². The van der Waals surface area contributed by atoms with Crippen molar-refractivity contribution in [3.05, 3.63) is 0 Å². The topological polar surface area (TPSA) is 29.1 Å². The van der Waals surface area contributed by atoms with Crippen LogP contribution in [0, 0.1) is 5.92 Å². The fraction of sp³-hybridized carbons (Fsp3) is 0.909. The molecule has 0 aromatic rings. The minimum Gasteiger partial charge on any atom is -0.353 e. The van der Waals surface area contributed by atoms with Gasteiger partial charge in [-0.1, -0.05) is 38.5 Å². The van der Waals surface area contributed by atoms with E-state index in [2.05, 4.69) is 5.32 Å². The smallest absolute Gasteiger partial charge is 0.222 e. The molecule has 2 heteroatoms. The zero-order chi connectivity index (χ0) is 9.10. The van der Waals surface area contributed by atoms with E-state index in [-0.39, 0.29) is 5.91 Å². The summed E-state index contributed by atoms with van der Waals surface area (Å²) < 4.78 is 0. The van der Waals surface area contributed by atoms with E-state index in [4.69, 9.17) is 0 Å². The zero-order valence-corrected chi connectivity index (χ0v) is 8.22. The Morgan fingerprint density at radius 2 is 1.77 bits per heavy atom. The quantitative estimate of drug-likeness (QED) is 0.513. The molecule has 0 aromatic heterocycles. The summed E-state index contributed by atoms with van der Waals surface area (Å²) in [5, 5.41) is 2.97. The largest absolute Gasteiger partial charge is 0.353 e. The molecule has 0 aromatic carbocycles. The average molecular weight is 181 g/mol. The van der Waals surface area contributed by atoms with Crippen LogP contribution in [0.4, 0.5) is 0 Å². The molecule has 1 saturated heterocycles. The summed E-state index contributed by atoms with van der Waals surface area (Å²) in [5.74, 6) is 1.15. The lowest BCUT2D eigenvalue weighted by Crippen LogP contribution is -2.49. The molecule has 74 valence electrons. The van der Waals surface area contributed by atoms with Crippen molar-refractivity contribution in [2.24, 2.45) is 5.92 Å². The van der Waals surface area contributed by atoms with Crippen LogP contribution in [0.1, 0.15) is 51.4 Å². The Hall–Kier alpha value is -0.530. The molecule has 1 heterocycles. The van der Waals surface area contributed by atoms with Crippen molar-refractivity contribution >= 4 is 5.91 Å². The minimum atomic E-state index is 0.249. The second kappa shape index (κ2) is 4.12. The van der Waals surface area contributed by atoms with Crippen LogP contribution in [0.2, 0.25) is 0 Å². The number of hydrogen-bond donors (Lipinski definition) is 1. The SMILES string of the molecule is O=C1CC(CC2CCCCCC2)N1. The summed E-state index contributed by atoms with van der Waals surface area (Å²) in [5.41, 5.74) is 0. The van der Waals surface area contributed by atoms with E-state index in [1.54, 1.807) is 0 Å². The molecule has 0 bridgehead atoms. The highest BCUT2D eigenvalue weighted by atomic mass is 16.2. The third kappa shape index (κ3) is 2.45. The third-order valence-electron chi connectivity index (χ3n) is 3.39. The van der Waals surface area contributed by atoms with E-state index in [0.29, 0.717) is 6.04 Å². The highest BCUT2D eigenvalue weighted by Gasteiger charge is 2.27. The lowest BCUT2D eigenvalue weighted by atomic mass is 9.88. The van der Waals surface area contributed by atoms with Gasteiger partial charge in [0.2, 0.25) is 5.91 Å². The van der Waals surface area contributed by atoms with E-state index in [9.17, 15) is 4.79 Å². The average Bonchev–Trinajstić information content (AvgIpc) is 2.30. The van der Waals surface area contributed by atoms with Gasteiger partial charge in [-0.15, -0.1) is 0 Å². The highest BCUT2D eigenvalue weighted by molar-refractivity contribution is 5.82. The molecule has 1 aliphatic heterocycles. The van der Waals surface area contributed by atoms with Crippen LogP contribution in [-0.4, -0.2) is 11.9 Å². The molecule has 1 saturated carbocycles. The Bertz CT molecular complexity index is 175. The standard InChI is InChI=1S/C11H19NO/c13-11-8-10(12-11)7-9-5-3-1-2-4-6-9/h9-10H,1-8H2,(H,12,13). The maximum absolute atomic E-state index is 10.7. The number of amides is 1. The summed E-state index contributed by atoms with van der Waals surface area (Å²) in [6, 6.07) is 0.524. The van der Waals surface area contributed by atoms with Crippen molar-refractivity contribution in [1.82, 2.24) is 5.32 Å². The first-order valence-corrected chi connectivity index (χ1v) is 5.64. The van der Waals surface area contributed by atoms with Gasteiger partial charge in [0.25, 0.3) is 0 Å². The van der Waals surface area contributed by atoms with Gasteiger partial charge >= 0.3 is 0 Å². The van der Waals surface area contributed by atoms with Gasteiger partial charge in [-0.25, -0.2) is 0 Å². The Morgan fingerprint density at radius 3 is 2.31 bits per heavy atom. The first-order chi connectivity index (χ1) is 6.34. The Balaban J connectivity index is 1.70. The van der Waals surface area contributed by atoms with Crippen molar-refractivity contribution in [2.75, 3.05) is 0 Å². The molecule has 13 heavy (non-hydrogen) atoms. The molecule has 0 radical (unpaired) electrons. The van der Waals surface area contributed by atoms with Crippen LogP contribution in [0.3, 0.4) is 0 Å². The Labute approximate surface area is 80.1 Å². The first-order valence-electron chi connectivity index (χ1n) is 5.64. The molecular formula is C11H19NO.